The third-order valence-corrected chi connectivity index (χ3v) is 5.23. The van der Waals surface area contributed by atoms with Crippen molar-refractivity contribution in [1.29, 1.82) is 0 Å². The van der Waals surface area contributed by atoms with Crippen LogP contribution >= 0.6 is 23.7 Å². The highest BCUT2D eigenvalue weighted by Crippen LogP contribution is 2.28. The van der Waals surface area contributed by atoms with Gasteiger partial charge in [-0.15, -0.1) is 23.7 Å². The van der Waals surface area contributed by atoms with Crippen LogP contribution < -0.4 is 10.6 Å². The van der Waals surface area contributed by atoms with Crippen LogP contribution in [0, 0.1) is 0 Å². The van der Waals surface area contributed by atoms with E-state index in [0.717, 1.165) is 41.3 Å². The van der Waals surface area contributed by atoms with Crippen molar-refractivity contribution in [2.45, 2.75) is 6.42 Å². The summed E-state index contributed by atoms with van der Waals surface area (Å²) in [6, 6.07) is 17.9. The molecule has 1 aromatic heterocycles. The van der Waals surface area contributed by atoms with Crippen molar-refractivity contribution in [3.05, 3.63) is 77.3 Å². The summed E-state index contributed by atoms with van der Waals surface area (Å²) in [7, 11) is 0. The second-order valence-corrected chi connectivity index (χ2v) is 6.95. The fraction of sp³-hybridized carbons (Fsp3) is 0.143. The maximum absolute atomic E-state index is 12.7. The van der Waals surface area contributed by atoms with E-state index < -0.39 is 0 Å². The molecule has 0 saturated heterocycles. The van der Waals surface area contributed by atoms with Crippen molar-refractivity contribution in [2.24, 2.45) is 0 Å². The van der Waals surface area contributed by atoms with Gasteiger partial charge in [0.05, 0.1) is 0 Å². The summed E-state index contributed by atoms with van der Waals surface area (Å²) in [5, 5.41) is 9.01. The molecule has 0 saturated carbocycles. The van der Waals surface area contributed by atoms with Gasteiger partial charge in [0.1, 0.15) is 10.7 Å². The lowest BCUT2D eigenvalue weighted by Crippen LogP contribution is -2.21. The predicted molar refractivity (Wildman–Crippen MR) is 115 cm³/mol. The number of thiazole rings is 1. The molecule has 2 heterocycles. The predicted octanol–water partition coefficient (Wildman–Crippen LogP) is 4.86. The average Bonchev–Trinajstić information content (AvgIpc) is 3.20. The summed E-state index contributed by atoms with van der Waals surface area (Å²) in [6.07, 6.45) is 3.15. The number of nitrogens with zero attached hydrogens (tertiary/aromatic N) is 1. The summed E-state index contributed by atoms with van der Waals surface area (Å²) < 4.78 is 0. The standard InChI is InChI=1S/C21H19N3OS.ClH/c25-20(19-14-26-21(24-19)16-6-2-1-3-7-16)23-18-9-5-4-8-17(18)15-10-12-22-13-11-15;/h1-10,14,22H,11-13H2,(H,23,25);1H. The van der Waals surface area contributed by atoms with Gasteiger partial charge in [-0.1, -0.05) is 54.6 Å². The first-order chi connectivity index (χ1) is 12.8. The van der Waals surface area contributed by atoms with Gasteiger partial charge in [0, 0.05) is 28.7 Å². The van der Waals surface area contributed by atoms with Crippen LogP contribution in [0.3, 0.4) is 0 Å². The van der Waals surface area contributed by atoms with E-state index >= 15 is 0 Å². The summed E-state index contributed by atoms with van der Waals surface area (Å²) in [5.74, 6) is -0.176. The largest absolute Gasteiger partial charge is 0.320 e. The minimum Gasteiger partial charge on any atom is -0.320 e. The number of aromatic nitrogens is 1. The average molecular weight is 398 g/mol. The van der Waals surface area contributed by atoms with Gasteiger partial charge in [-0.05, 0) is 24.6 Å². The Morgan fingerprint density at radius 1 is 1.07 bits per heavy atom. The van der Waals surface area contributed by atoms with E-state index in [-0.39, 0.29) is 18.3 Å². The Morgan fingerprint density at radius 3 is 2.63 bits per heavy atom. The lowest BCUT2D eigenvalue weighted by Gasteiger charge is -2.17. The number of carbonyl (C=O) groups excluding carboxylic acids is 1. The number of halogens is 1. The minimum atomic E-state index is -0.176. The highest BCUT2D eigenvalue weighted by molar-refractivity contribution is 7.13. The molecule has 1 aliphatic heterocycles. The van der Waals surface area contributed by atoms with Gasteiger partial charge in [-0.3, -0.25) is 4.79 Å². The first-order valence-electron chi connectivity index (χ1n) is 8.63. The molecule has 6 heteroatoms. The van der Waals surface area contributed by atoms with E-state index in [2.05, 4.69) is 27.8 Å². The molecule has 0 fully saturated rings. The van der Waals surface area contributed by atoms with Crippen LogP contribution in [0.5, 0.6) is 0 Å². The van der Waals surface area contributed by atoms with Gasteiger partial charge in [-0.2, -0.15) is 0 Å². The summed E-state index contributed by atoms with van der Waals surface area (Å²) in [5.41, 5.74) is 4.66. The Labute approximate surface area is 168 Å². The van der Waals surface area contributed by atoms with Gasteiger partial charge in [0.15, 0.2) is 0 Å². The highest BCUT2D eigenvalue weighted by atomic mass is 35.5. The number of nitrogens with one attached hydrogen (secondary N) is 2. The topological polar surface area (TPSA) is 54.0 Å². The Balaban J connectivity index is 0.00000210. The van der Waals surface area contributed by atoms with Crippen LogP contribution in [-0.2, 0) is 0 Å². The molecule has 0 radical (unpaired) electrons. The number of hydrogen-bond acceptors (Lipinski definition) is 4. The van der Waals surface area contributed by atoms with E-state index in [9.17, 15) is 4.79 Å². The van der Waals surface area contributed by atoms with Crippen molar-refractivity contribution < 1.29 is 4.79 Å². The molecular formula is C21H20ClN3OS. The molecule has 27 heavy (non-hydrogen) atoms. The molecule has 1 aliphatic rings. The lowest BCUT2D eigenvalue weighted by atomic mass is 9.98. The molecular weight excluding hydrogens is 378 g/mol. The van der Waals surface area contributed by atoms with Crippen LogP contribution in [0.1, 0.15) is 22.5 Å². The number of anilines is 1. The van der Waals surface area contributed by atoms with Gasteiger partial charge < -0.3 is 10.6 Å². The van der Waals surface area contributed by atoms with Crippen LogP contribution in [-0.4, -0.2) is 24.0 Å². The van der Waals surface area contributed by atoms with Gasteiger partial charge in [0.2, 0.25) is 0 Å². The first-order valence-corrected chi connectivity index (χ1v) is 9.51. The second-order valence-electron chi connectivity index (χ2n) is 6.09. The Kier molecular flexibility index (Phi) is 6.40. The normalized spacial score (nSPS) is 13.4. The van der Waals surface area contributed by atoms with Crippen LogP contribution in [0.15, 0.2) is 66.1 Å². The van der Waals surface area contributed by atoms with E-state index in [1.54, 1.807) is 0 Å². The van der Waals surface area contributed by atoms with E-state index in [4.69, 9.17) is 0 Å². The number of hydrogen-bond donors (Lipinski definition) is 2. The third-order valence-electron chi connectivity index (χ3n) is 4.34. The highest BCUT2D eigenvalue weighted by Gasteiger charge is 2.15. The summed E-state index contributed by atoms with van der Waals surface area (Å²) in [6.45, 7) is 1.82. The zero-order valence-corrected chi connectivity index (χ0v) is 16.3. The molecule has 4 rings (SSSR count). The number of para-hydroxylation sites is 1. The Morgan fingerprint density at radius 2 is 1.85 bits per heavy atom. The number of benzene rings is 2. The Hall–Kier alpha value is -2.47. The SMILES string of the molecule is Cl.O=C(Nc1ccccc1C1=CCNCC1)c1csc(-c2ccccc2)n1. The maximum Gasteiger partial charge on any atom is 0.275 e. The molecule has 0 unspecified atom stereocenters. The minimum absolute atomic E-state index is 0. The lowest BCUT2D eigenvalue weighted by molar-refractivity contribution is 0.102. The zero-order chi connectivity index (χ0) is 17.8. The monoisotopic (exact) mass is 397 g/mol. The van der Waals surface area contributed by atoms with Crippen LogP contribution in [0.25, 0.3) is 16.1 Å². The molecule has 3 aromatic rings. The molecule has 1 amide bonds. The summed E-state index contributed by atoms with van der Waals surface area (Å²) in [4.78, 5) is 17.2. The van der Waals surface area contributed by atoms with Crippen molar-refractivity contribution in [3.8, 4) is 10.6 Å². The number of rotatable bonds is 4. The Bertz CT molecular complexity index is 953. The van der Waals surface area contributed by atoms with Crippen molar-refractivity contribution >= 4 is 40.9 Å². The van der Waals surface area contributed by atoms with E-state index in [1.807, 2.05) is 53.9 Å². The van der Waals surface area contributed by atoms with Gasteiger partial charge in [0.25, 0.3) is 5.91 Å². The number of amides is 1. The molecule has 0 spiro atoms. The maximum atomic E-state index is 12.7. The first kappa shape index (κ1) is 19.3. The number of carbonyl (C=O) groups is 1. The van der Waals surface area contributed by atoms with Crippen LogP contribution in [0.2, 0.25) is 0 Å². The van der Waals surface area contributed by atoms with Crippen LogP contribution in [0.4, 0.5) is 5.69 Å². The van der Waals surface area contributed by atoms with Gasteiger partial charge in [-0.25, -0.2) is 4.98 Å². The molecule has 2 aromatic carbocycles. The molecule has 138 valence electrons. The third kappa shape index (κ3) is 4.45. The van der Waals surface area contributed by atoms with Crippen molar-refractivity contribution in [1.82, 2.24) is 10.3 Å². The molecule has 2 N–H and O–H groups in total. The fourth-order valence-electron chi connectivity index (χ4n) is 3.02. The molecule has 4 nitrogen and oxygen atoms in total. The molecule has 0 aliphatic carbocycles. The molecule has 0 atom stereocenters. The zero-order valence-electron chi connectivity index (χ0n) is 14.6. The van der Waals surface area contributed by atoms with E-state index in [0.29, 0.717) is 5.69 Å². The fourth-order valence-corrected chi connectivity index (χ4v) is 3.82. The smallest absolute Gasteiger partial charge is 0.275 e. The van der Waals surface area contributed by atoms with Crippen molar-refractivity contribution in [3.63, 3.8) is 0 Å². The quantitative estimate of drug-likeness (QED) is 0.660. The van der Waals surface area contributed by atoms with Gasteiger partial charge >= 0.3 is 0 Å². The van der Waals surface area contributed by atoms with Crippen molar-refractivity contribution in [2.75, 3.05) is 18.4 Å². The second kappa shape index (κ2) is 8.95. The molecule has 0 bridgehead atoms. The summed E-state index contributed by atoms with van der Waals surface area (Å²) >= 11 is 1.48. The van der Waals surface area contributed by atoms with E-state index in [1.165, 1.54) is 16.9 Å².